The molecule has 242 valence electrons. The summed E-state index contributed by atoms with van der Waals surface area (Å²) in [6.45, 7) is 0. The van der Waals surface area contributed by atoms with Crippen LogP contribution in [-0.2, 0) is 6.42 Å². The first-order valence-electron chi connectivity index (χ1n) is 17.2. The number of aromatic nitrogens is 1. The Kier molecular flexibility index (Phi) is 7.92. The number of rotatable bonds is 7. The van der Waals surface area contributed by atoms with E-state index in [1.807, 2.05) is 47.7 Å². The van der Waals surface area contributed by atoms with Gasteiger partial charge in [0.1, 0.15) is 5.84 Å². The van der Waals surface area contributed by atoms with Gasteiger partial charge < -0.3 is 5.73 Å². The highest BCUT2D eigenvalue weighted by molar-refractivity contribution is 7.26. The van der Waals surface area contributed by atoms with Crippen LogP contribution in [-0.4, -0.2) is 10.8 Å². The van der Waals surface area contributed by atoms with Crippen LogP contribution in [0, 0.1) is 0 Å². The van der Waals surface area contributed by atoms with Crippen molar-refractivity contribution in [1.82, 2.24) is 4.98 Å². The fourth-order valence-electron chi connectivity index (χ4n) is 6.91. The van der Waals surface area contributed by atoms with E-state index in [0.717, 1.165) is 39.2 Å². The third-order valence-electron chi connectivity index (χ3n) is 9.50. The molecule has 9 aromatic rings. The number of allylic oxidation sites excluding steroid dienone is 1. The van der Waals surface area contributed by atoms with E-state index < -0.39 is 0 Å². The van der Waals surface area contributed by atoms with Crippen molar-refractivity contribution in [3.8, 4) is 22.4 Å². The number of amidine groups is 1. The Balaban J connectivity index is 1.14. The summed E-state index contributed by atoms with van der Waals surface area (Å²) in [5.74, 6) is 0.488. The highest BCUT2D eigenvalue weighted by Crippen LogP contribution is 2.43. The first-order chi connectivity index (χ1) is 25.2. The van der Waals surface area contributed by atoms with Gasteiger partial charge in [-0.1, -0.05) is 152 Å². The maximum atomic E-state index is 6.59. The fourth-order valence-corrected chi connectivity index (χ4v) is 8.14. The second-order valence-electron chi connectivity index (χ2n) is 12.8. The van der Waals surface area contributed by atoms with Crippen LogP contribution in [0.2, 0.25) is 0 Å². The molecule has 0 atom stereocenters. The Labute approximate surface area is 300 Å². The first kappa shape index (κ1) is 30.7. The minimum absolute atomic E-state index is 0.488. The molecular weight excluding hydrogens is 639 g/mol. The molecule has 0 aliphatic carbocycles. The number of hydrogen-bond donors (Lipinski definition) is 1. The molecule has 0 radical (unpaired) electrons. The van der Waals surface area contributed by atoms with Gasteiger partial charge in [-0.3, -0.25) is 0 Å². The predicted molar refractivity (Wildman–Crippen MR) is 218 cm³/mol. The number of hydrogen-bond acceptors (Lipinski definition) is 3. The van der Waals surface area contributed by atoms with Gasteiger partial charge >= 0.3 is 0 Å². The lowest BCUT2D eigenvalue weighted by Crippen LogP contribution is -2.13. The van der Waals surface area contributed by atoms with Crippen molar-refractivity contribution in [2.24, 2.45) is 10.7 Å². The lowest BCUT2D eigenvalue weighted by molar-refractivity contribution is 1.25. The molecule has 7 aromatic carbocycles. The Morgan fingerprint density at radius 1 is 0.588 bits per heavy atom. The number of pyridine rings is 1. The van der Waals surface area contributed by atoms with E-state index in [-0.39, 0.29) is 0 Å². The van der Waals surface area contributed by atoms with Crippen molar-refractivity contribution < 1.29 is 0 Å². The quantitative estimate of drug-likeness (QED) is 0.104. The molecule has 2 aromatic heterocycles. The Morgan fingerprint density at radius 2 is 1.25 bits per heavy atom. The molecule has 0 aliphatic rings. The van der Waals surface area contributed by atoms with Crippen molar-refractivity contribution >= 4 is 64.7 Å². The van der Waals surface area contributed by atoms with Crippen molar-refractivity contribution in [2.45, 2.75) is 6.42 Å². The summed E-state index contributed by atoms with van der Waals surface area (Å²) in [5.41, 5.74) is 16.0. The van der Waals surface area contributed by atoms with E-state index in [0.29, 0.717) is 12.3 Å². The molecule has 9 rings (SSSR count). The summed E-state index contributed by atoms with van der Waals surface area (Å²) in [4.78, 5) is 10.4. The minimum atomic E-state index is 0.488. The van der Waals surface area contributed by atoms with Gasteiger partial charge in [-0.15, -0.1) is 11.3 Å². The topological polar surface area (TPSA) is 51.3 Å². The SMILES string of the molecule is NC(=N/C(=C\Cc1cccc(-c2nc3cc4ccccc4cc3c3sc4ccccc4c23)c1)c1ccc(-c2ccccc2)cc1)c1ccccc1. The largest absolute Gasteiger partial charge is 0.383 e. The summed E-state index contributed by atoms with van der Waals surface area (Å²) >= 11 is 1.85. The zero-order valence-corrected chi connectivity index (χ0v) is 28.6. The standard InChI is InChI=1S/C47H33N3S/c48-47(35-15-5-2-6-16-35)50-41(34-25-23-33(24-26-34)32-13-3-1-4-14-32)27-22-31-12-11-19-38(28-31)45-44-39-20-9-10-21-43(39)51-46(44)40-29-36-17-7-8-18-37(36)30-42(40)49-45/h1-21,23-30H,22H2,(H2,48,50)/b41-27-. The lowest BCUT2D eigenvalue weighted by atomic mass is 9.98. The van der Waals surface area contributed by atoms with Crippen LogP contribution in [0.15, 0.2) is 181 Å². The third-order valence-corrected chi connectivity index (χ3v) is 10.7. The summed E-state index contributed by atoms with van der Waals surface area (Å²) in [5, 5.41) is 6.08. The van der Waals surface area contributed by atoms with Gasteiger partial charge in [0.05, 0.1) is 16.9 Å². The normalized spacial score (nSPS) is 12.3. The molecule has 0 aliphatic heterocycles. The second kappa shape index (κ2) is 13.2. The molecular formula is C47H33N3S. The Morgan fingerprint density at radius 3 is 2.06 bits per heavy atom. The number of nitrogens with zero attached hydrogens (tertiary/aromatic N) is 2. The number of nitrogens with two attached hydrogens (primary N) is 1. The third kappa shape index (κ3) is 5.96. The molecule has 0 fully saturated rings. The van der Waals surface area contributed by atoms with E-state index in [1.165, 1.54) is 47.5 Å². The Bertz CT molecular complexity index is 2760. The summed E-state index contributed by atoms with van der Waals surface area (Å²) in [6, 6.07) is 59.5. The second-order valence-corrected chi connectivity index (χ2v) is 13.8. The number of aliphatic imine (C=N–C) groups is 1. The molecule has 0 spiro atoms. The molecule has 2 heterocycles. The molecule has 4 heteroatoms. The average molecular weight is 672 g/mol. The maximum absolute atomic E-state index is 6.59. The van der Waals surface area contributed by atoms with E-state index in [4.69, 9.17) is 15.7 Å². The van der Waals surface area contributed by atoms with Crippen molar-refractivity contribution in [3.05, 3.63) is 193 Å². The first-order valence-corrected chi connectivity index (χ1v) is 18.0. The smallest absolute Gasteiger partial charge is 0.131 e. The Hall–Kier alpha value is -6.36. The van der Waals surface area contributed by atoms with Gasteiger partial charge in [0.25, 0.3) is 0 Å². The van der Waals surface area contributed by atoms with Gasteiger partial charge in [0.2, 0.25) is 0 Å². The summed E-state index contributed by atoms with van der Waals surface area (Å²) in [7, 11) is 0. The number of benzene rings is 7. The molecule has 3 nitrogen and oxygen atoms in total. The van der Waals surface area contributed by atoms with E-state index in [9.17, 15) is 0 Å². The summed E-state index contributed by atoms with van der Waals surface area (Å²) < 4.78 is 2.55. The van der Waals surface area contributed by atoms with Crippen LogP contribution in [0.3, 0.4) is 0 Å². The van der Waals surface area contributed by atoms with Crippen LogP contribution < -0.4 is 5.73 Å². The summed E-state index contributed by atoms with van der Waals surface area (Å²) in [6.07, 6.45) is 2.86. The molecule has 2 N–H and O–H groups in total. The van der Waals surface area contributed by atoms with E-state index in [2.05, 4.69) is 140 Å². The van der Waals surface area contributed by atoms with Crippen LogP contribution in [0.4, 0.5) is 0 Å². The van der Waals surface area contributed by atoms with Gasteiger partial charge in [-0.05, 0) is 63.7 Å². The number of fused-ring (bicyclic) bond motifs is 6. The highest BCUT2D eigenvalue weighted by atomic mass is 32.1. The molecule has 0 saturated heterocycles. The highest BCUT2D eigenvalue weighted by Gasteiger charge is 2.17. The minimum Gasteiger partial charge on any atom is -0.383 e. The molecule has 0 amide bonds. The molecule has 0 unspecified atom stereocenters. The van der Waals surface area contributed by atoms with Gasteiger partial charge in [0, 0.05) is 36.7 Å². The van der Waals surface area contributed by atoms with E-state index in [1.54, 1.807) is 0 Å². The van der Waals surface area contributed by atoms with Gasteiger partial charge in [-0.2, -0.15) is 0 Å². The van der Waals surface area contributed by atoms with Crippen LogP contribution in [0.25, 0.3) is 69.9 Å². The zero-order chi connectivity index (χ0) is 34.1. The van der Waals surface area contributed by atoms with Gasteiger partial charge in [0.15, 0.2) is 0 Å². The predicted octanol–water partition coefficient (Wildman–Crippen LogP) is 12.1. The van der Waals surface area contributed by atoms with Gasteiger partial charge in [-0.25, -0.2) is 9.98 Å². The molecule has 0 saturated carbocycles. The molecule has 0 bridgehead atoms. The van der Waals surface area contributed by atoms with Crippen molar-refractivity contribution in [3.63, 3.8) is 0 Å². The molecule has 51 heavy (non-hydrogen) atoms. The van der Waals surface area contributed by atoms with Crippen LogP contribution in [0.5, 0.6) is 0 Å². The van der Waals surface area contributed by atoms with Crippen LogP contribution >= 0.6 is 11.3 Å². The zero-order valence-electron chi connectivity index (χ0n) is 27.8. The van der Waals surface area contributed by atoms with Crippen LogP contribution in [0.1, 0.15) is 16.7 Å². The van der Waals surface area contributed by atoms with E-state index >= 15 is 0 Å². The lowest BCUT2D eigenvalue weighted by Gasteiger charge is -2.11. The average Bonchev–Trinajstić information content (AvgIpc) is 3.59. The number of thiophene rings is 1. The van der Waals surface area contributed by atoms with Crippen molar-refractivity contribution in [1.29, 1.82) is 0 Å². The monoisotopic (exact) mass is 671 g/mol. The fraction of sp³-hybridized carbons (Fsp3) is 0.0213. The van der Waals surface area contributed by atoms with Crippen molar-refractivity contribution in [2.75, 3.05) is 0 Å². The maximum Gasteiger partial charge on any atom is 0.131 e.